The Balaban J connectivity index is 1.66. The van der Waals surface area contributed by atoms with Crippen molar-refractivity contribution in [2.45, 2.75) is 32.4 Å². The molecule has 2 aromatic heterocycles. The smallest absolute Gasteiger partial charge is 0.276 e. The first kappa shape index (κ1) is 13.8. The van der Waals surface area contributed by atoms with Crippen LogP contribution in [-0.4, -0.2) is 38.6 Å². The lowest BCUT2D eigenvalue weighted by atomic mass is 10.1. The number of carbonyl (C=O) groups excluding carboxylic acids is 1. The highest BCUT2D eigenvalue weighted by atomic mass is 16.2. The van der Waals surface area contributed by atoms with Crippen molar-refractivity contribution in [2.24, 2.45) is 0 Å². The molecule has 0 spiro atoms. The maximum Gasteiger partial charge on any atom is 0.276 e. The van der Waals surface area contributed by atoms with Gasteiger partial charge in [0.25, 0.3) is 5.91 Å². The molecule has 1 amide bonds. The average Bonchev–Trinajstić information content (AvgIpc) is 3.17. The molecule has 112 valence electrons. The number of rotatable bonds is 4. The minimum Gasteiger partial charge on any atom is -0.318 e. The van der Waals surface area contributed by atoms with Crippen molar-refractivity contribution in [3.63, 3.8) is 0 Å². The van der Waals surface area contributed by atoms with E-state index in [0.717, 1.165) is 32.5 Å². The molecular formula is C14H20N6O. The lowest BCUT2D eigenvalue weighted by Crippen LogP contribution is -2.32. The number of anilines is 1. The highest BCUT2D eigenvalue weighted by Crippen LogP contribution is 2.16. The lowest BCUT2D eigenvalue weighted by molar-refractivity contribution is 0.102. The topological polar surface area (TPSA) is 76.8 Å². The van der Waals surface area contributed by atoms with Crippen molar-refractivity contribution in [1.82, 2.24) is 24.9 Å². The van der Waals surface area contributed by atoms with Gasteiger partial charge >= 0.3 is 0 Å². The van der Waals surface area contributed by atoms with Crippen LogP contribution >= 0.6 is 0 Å². The molecule has 0 saturated carbocycles. The van der Waals surface area contributed by atoms with Crippen LogP contribution in [0.1, 0.15) is 36.3 Å². The Bertz CT molecular complexity index is 611. The zero-order chi connectivity index (χ0) is 14.7. The van der Waals surface area contributed by atoms with E-state index in [1.165, 1.54) is 0 Å². The molecule has 7 heteroatoms. The third kappa shape index (κ3) is 3.13. The van der Waals surface area contributed by atoms with Gasteiger partial charge in [-0.25, -0.2) is 0 Å². The minimum atomic E-state index is -0.201. The van der Waals surface area contributed by atoms with Crippen LogP contribution in [-0.2, 0) is 6.54 Å². The van der Waals surface area contributed by atoms with Gasteiger partial charge in [-0.3, -0.25) is 14.2 Å². The normalized spacial score (nSPS) is 18.6. The van der Waals surface area contributed by atoms with Crippen molar-refractivity contribution in [3.05, 3.63) is 30.4 Å². The second kappa shape index (κ2) is 6.09. The first-order valence-corrected chi connectivity index (χ1v) is 7.36. The third-order valence-electron chi connectivity index (χ3n) is 3.70. The fraction of sp³-hybridized carbons (Fsp3) is 0.500. The van der Waals surface area contributed by atoms with E-state index >= 15 is 0 Å². The first-order chi connectivity index (χ1) is 10.3. The summed E-state index contributed by atoms with van der Waals surface area (Å²) in [5.74, 6) is -0.201. The Labute approximate surface area is 123 Å². The molecule has 1 saturated heterocycles. The van der Waals surface area contributed by atoms with E-state index in [9.17, 15) is 4.79 Å². The van der Waals surface area contributed by atoms with Gasteiger partial charge in [0.05, 0.1) is 17.9 Å². The Hall–Kier alpha value is -2.15. The number of nitrogens with zero attached hydrogens (tertiary/aromatic N) is 4. The maximum absolute atomic E-state index is 12.2. The number of nitrogens with one attached hydrogen (secondary N) is 2. The van der Waals surface area contributed by atoms with Gasteiger partial charge < -0.3 is 10.6 Å². The second-order valence-corrected chi connectivity index (χ2v) is 5.22. The molecule has 1 unspecified atom stereocenters. The van der Waals surface area contributed by atoms with E-state index < -0.39 is 0 Å². The summed E-state index contributed by atoms with van der Waals surface area (Å²) >= 11 is 0. The number of amides is 1. The largest absolute Gasteiger partial charge is 0.318 e. The molecule has 0 aliphatic carbocycles. The number of piperidine rings is 1. The Morgan fingerprint density at radius 1 is 1.57 bits per heavy atom. The van der Waals surface area contributed by atoms with Gasteiger partial charge in [-0.2, -0.15) is 10.2 Å². The third-order valence-corrected chi connectivity index (χ3v) is 3.70. The van der Waals surface area contributed by atoms with Gasteiger partial charge in [0.15, 0.2) is 5.69 Å². The van der Waals surface area contributed by atoms with Crippen LogP contribution in [0.25, 0.3) is 0 Å². The summed E-state index contributed by atoms with van der Waals surface area (Å²) in [6, 6.07) is 2.09. The Morgan fingerprint density at radius 2 is 2.48 bits per heavy atom. The van der Waals surface area contributed by atoms with Gasteiger partial charge in [-0.05, 0) is 32.4 Å². The number of carbonyl (C=O) groups is 1. The van der Waals surface area contributed by atoms with Crippen LogP contribution in [0.5, 0.6) is 0 Å². The molecule has 2 N–H and O–H groups in total. The van der Waals surface area contributed by atoms with E-state index in [4.69, 9.17) is 0 Å². The average molecular weight is 288 g/mol. The monoisotopic (exact) mass is 288 g/mol. The number of hydrogen-bond acceptors (Lipinski definition) is 4. The number of hydrogen-bond donors (Lipinski definition) is 2. The fourth-order valence-corrected chi connectivity index (χ4v) is 2.52. The highest BCUT2D eigenvalue weighted by molar-refractivity contribution is 6.02. The van der Waals surface area contributed by atoms with Gasteiger partial charge in [-0.1, -0.05) is 0 Å². The Morgan fingerprint density at radius 3 is 3.19 bits per heavy atom. The van der Waals surface area contributed by atoms with Gasteiger partial charge in [0.2, 0.25) is 0 Å². The summed E-state index contributed by atoms with van der Waals surface area (Å²) in [5.41, 5.74) is 1.13. The predicted octanol–water partition coefficient (Wildman–Crippen LogP) is 1.28. The van der Waals surface area contributed by atoms with Crippen molar-refractivity contribution in [2.75, 3.05) is 18.4 Å². The number of aryl methyl sites for hydroxylation is 1. The molecule has 0 aromatic carbocycles. The Kier molecular flexibility index (Phi) is 4.01. The summed E-state index contributed by atoms with van der Waals surface area (Å²) in [5, 5.41) is 14.7. The van der Waals surface area contributed by atoms with Crippen LogP contribution < -0.4 is 10.6 Å². The van der Waals surface area contributed by atoms with Crippen molar-refractivity contribution in [3.8, 4) is 0 Å². The molecule has 1 aliphatic rings. The fourth-order valence-electron chi connectivity index (χ4n) is 2.52. The molecule has 0 radical (unpaired) electrons. The molecule has 1 aliphatic heterocycles. The van der Waals surface area contributed by atoms with Crippen LogP contribution in [0.3, 0.4) is 0 Å². The van der Waals surface area contributed by atoms with Crippen molar-refractivity contribution < 1.29 is 4.79 Å². The van der Waals surface area contributed by atoms with E-state index in [0.29, 0.717) is 17.4 Å². The summed E-state index contributed by atoms with van der Waals surface area (Å²) in [6.45, 7) is 4.75. The van der Waals surface area contributed by atoms with E-state index in [2.05, 4.69) is 20.8 Å². The van der Waals surface area contributed by atoms with Gasteiger partial charge in [0, 0.05) is 25.5 Å². The van der Waals surface area contributed by atoms with E-state index in [-0.39, 0.29) is 5.91 Å². The molecule has 0 bridgehead atoms. The molecule has 2 aromatic rings. The van der Waals surface area contributed by atoms with Crippen molar-refractivity contribution in [1.29, 1.82) is 0 Å². The molecule has 1 atom stereocenters. The highest BCUT2D eigenvalue weighted by Gasteiger charge is 2.17. The molecule has 21 heavy (non-hydrogen) atoms. The minimum absolute atomic E-state index is 0.201. The molecular weight excluding hydrogens is 268 g/mol. The number of aromatic nitrogens is 4. The maximum atomic E-state index is 12.2. The van der Waals surface area contributed by atoms with Crippen LogP contribution in [0.15, 0.2) is 24.7 Å². The van der Waals surface area contributed by atoms with E-state index in [1.54, 1.807) is 23.1 Å². The van der Waals surface area contributed by atoms with Gasteiger partial charge in [-0.15, -0.1) is 0 Å². The van der Waals surface area contributed by atoms with Crippen molar-refractivity contribution >= 4 is 11.6 Å². The first-order valence-electron chi connectivity index (χ1n) is 7.36. The van der Waals surface area contributed by atoms with Gasteiger partial charge in [0.1, 0.15) is 0 Å². The zero-order valence-corrected chi connectivity index (χ0v) is 12.1. The molecule has 7 nitrogen and oxygen atoms in total. The summed E-state index contributed by atoms with van der Waals surface area (Å²) in [6.07, 6.45) is 7.56. The van der Waals surface area contributed by atoms with E-state index in [1.807, 2.05) is 17.8 Å². The SMILES string of the molecule is CCn1cc(NC(=O)c2ccn(C3CCCNC3)n2)cn1. The quantitative estimate of drug-likeness (QED) is 0.888. The molecule has 3 heterocycles. The summed E-state index contributed by atoms with van der Waals surface area (Å²) < 4.78 is 3.65. The molecule has 3 rings (SSSR count). The van der Waals surface area contributed by atoms with Crippen LogP contribution in [0.4, 0.5) is 5.69 Å². The standard InChI is InChI=1S/C14H20N6O/c1-2-19-10-11(8-16-19)17-14(21)13-5-7-20(18-13)12-4-3-6-15-9-12/h5,7-8,10,12,15H,2-4,6,9H2,1H3,(H,17,21). The summed E-state index contributed by atoms with van der Waals surface area (Å²) in [7, 11) is 0. The molecule has 1 fully saturated rings. The van der Waals surface area contributed by atoms with Crippen LogP contribution in [0, 0.1) is 0 Å². The predicted molar refractivity (Wildman–Crippen MR) is 79.2 cm³/mol. The van der Waals surface area contributed by atoms with Crippen LogP contribution in [0.2, 0.25) is 0 Å². The lowest BCUT2D eigenvalue weighted by Gasteiger charge is -2.22. The summed E-state index contributed by atoms with van der Waals surface area (Å²) in [4.78, 5) is 12.2. The zero-order valence-electron chi connectivity index (χ0n) is 12.1. The second-order valence-electron chi connectivity index (χ2n) is 5.22.